The fourth-order valence-electron chi connectivity index (χ4n) is 1.12. The van der Waals surface area contributed by atoms with Gasteiger partial charge in [-0.2, -0.15) is 5.10 Å². The zero-order valence-electron chi connectivity index (χ0n) is 8.25. The van der Waals surface area contributed by atoms with E-state index in [0.717, 1.165) is 15.5 Å². The van der Waals surface area contributed by atoms with Crippen LogP contribution in [0, 0.1) is 0 Å². The molecule has 0 radical (unpaired) electrons. The number of pyridine rings is 1. The molecular weight excluding hydrogens is 265 g/mol. The van der Waals surface area contributed by atoms with Gasteiger partial charge in [-0.3, -0.25) is 4.68 Å². The Bertz CT molecular complexity index is 439. The summed E-state index contributed by atoms with van der Waals surface area (Å²) < 4.78 is 2.44. The lowest BCUT2D eigenvalue weighted by atomic mass is 10.3. The molecule has 0 aliphatic carbocycles. The van der Waals surface area contributed by atoms with Crippen LogP contribution in [0.3, 0.4) is 0 Å². The minimum absolute atomic E-state index is 0.472. The molecule has 0 aliphatic rings. The predicted octanol–water partition coefficient (Wildman–Crippen LogP) is 3.41. The fourth-order valence-corrected chi connectivity index (χ4v) is 1.97. The summed E-state index contributed by atoms with van der Waals surface area (Å²) in [6, 6.07) is 1.88. The van der Waals surface area contributed by atoms with Crippen molar-refractivity contribution in [3.05, 3.63) is 22.0 Å². The van der Waals surface area contributed by atoms with E-state index in [1.807, 2.05) is 27.0 Å². The zero-order valence-corrected chi connectivity index (χ0v) is 10.6. The Labute approximate surface area is 96.2 Å². The minimum atomic E-state index is 0.472. The zero-order chi connectivity index (χ0) is 10.7. The molecule has 3 nitrogen and oxygen atoms in total. The van der Waals surface area contributed by atoms with Crippen molar-refractivity contribution >= 4 is 38.4 Å². The van der Waals surface area contributed by atoms with Crippen molar-refractivity contribution in [1.82, 2.24) is 14.8 Å². The highest BCUT2D eigenvalue weighted by Crippen LogP contribution is 2.23. The van der Waals surface area contributed by atoms with Crippen LogP contribution in [0.15, 0.2) is 16.9 Å². The maximum atomic E-state index is 5.91. The molecule has 2 heterocycles. The topological polar surface area (TPSA) is 30.7 Å². The molecule has 0 aromatic carbocycles. The summed E-state index contributed by atoms with van der Waals surface area (Å²) in [5.74, 6) is 0. The molecule has 0 unspecified atom stereocenters. The van der Waals surface area contributed by atoms with Crippen molar-refractivity contribution in [2.75, 3.05) is 0 Å². The molecule has 0 saturated carbocycles. The highest BCUT2D eigenvalue weighted by molar-refractivity contribution is 9.10. The van der Waals surface area contributed by atoms with Gasteiger partial charge in [0.05, 0.1) is 6.20 Å². The third-order valence-electron chi connectivity index (χ3n) is 1.64. The fraction of sp³-hybridized carbons (Fsp3) is 0.333. The number of halogens is 2. The van der Waals surface area contributed by atoms with E-state index in [1.54, 1.807) is 10.9 Å². The van der Waals surface area contributed by atoms with Crippen LogP contribution in [0.25, 0.3) is 10.9 Å². The Morgan fingerprint density at radius 1 is 1.43 bits per heavy atom. The van der Waals surface area contributed by atoms with Gasteiger partial charge in [0.2, 0.25) is 0 Å². The summed E-state index contributed by atoms with van der Waals surface area (Å²) >= 11 is 9.17. The lowest BCUT2D eigenvalue weighted by molar-refractivity contribution is 0.795. The van der Waals surface area contributed by atoms with Crippen LogP contribution in [-0.4, -0.2) is 14.8 Å². The molecule has 14 heavy (non-hydrogen) atoms. The molecule has 2 aromatic rings. The summed E-state index contributed by atoms with van der Waals surface area (Å²) in [6.45, 7) is 4.00. The second-order valence-corrected chi connectivity index (χ2v) is 3.61. The van der Waals surface area contributed by atoms with Gasteiger partial charge in [0, 0.05) is 12.4 Å². The first-order chi connectivity index (χ1) is 6.68. The van der Waals surface area contributed by atoms with Crippen molar-refractivity contribution in [3.63, 3.8) is 0 Å². The Morgan fingerprint density at radius 2 is 2.07 bits per heavy atom. The van der Waals surface area contributed by atoms with Gasteiger partial charge >= 0.3 is 0 Å². The second-order valence-electron chi connectivity index (χ2n) is 2.44. The van der Waals surface area contributed by atoms with Crippen LogP contribution in [0.2, 0.25) is 5.15 Å². The number of nitrogens with zero attached hydrogens (tertiary/aromatic N) is 3. The van der Waals surface area contributed by atoms with Gasteiger partial charge in [0.25, 0.3) is 0 Å². The molecule has 0 N–H and O–H groups in total. The Balaban J connectivity index is 0.000000461. The van der Waals surface area contributed by atoms with Crippen LogP contribution in [0.5, 0.6) is 0 Å². The molecule has 76 valence electrons. The average molecular weight is 277 g/mol. The lowest BCUT2D eigenvalue weighted by Crippen LogP contribution is -1.90. The number of rotatable bonds is 0. The largest absolute Gasteiger partial charge is 0.265 e. The minimum Gasteiger partial charge on any atom is -0.265 e. The summed E-state index contributed by atoms with van der Waals surface area (Å²) in [5, 5.41) is 5.53. The van der Waals surface area contributed by atoms with Gasteiger partial charge in [-0.05, 0) is 22.0 Å². The van der Waals surface area contributed by atoms with Crippen molar-refractivity contribution in [3.8, 4) is 0 Å². The highest BCUT2D eigenvalue weighted by Gasteiger charge is 2.06. The number of hydrogen-bond donors (Lipinski definition) is 0. The molecule has 0 spiro atoms. The maximum Gasteiger partial charge on any atom is 0.156 e. The van der Waals surface area contributed by atoms with E-state index in [1.165, 1.54) is 0 Å². The molecule has 0 saturated heterocycles. The van der Waals surface area contributed by atoms with Gasteiger partial charge in [0.1, 0.15) is 10.1 Å². The molecule has 0 aliphatic heterocycles. The molecule has 0 fully saturated rings. The van der Waals surface area contributed by atoms with Gasteiger partial charge in [0.15, 0.2) is 5.15 Å². The van der Waals surface area contributed by atoms with Crippen LogP contribution >= 0.6 is 27.5 Å². The average Bonchev–Trinajstić information content (AvgIpc) is 2.51. The lowest BCUT2D eigenvalue weighted by Gasteiger charge is -1.96. The van der Waals surface area contributed by atoms with E-state index < -0.39 is 0 Å². The van der Waals surface area contributed by atoms with Gasteiger partial charge < -0.3 is 0 Å². The summed E-state index contributed by atoms with van der Waals surface area (Å²) in [5.41, 5.74) is 0.861. The van der Waals surface area contributed by atoms with E-state index in [0.29, 0.717) is 5.15 Å². The molecule has 0 atom stereocenters. The smallest absolute Gasteiger partial charge is 0.156 e. The van der Waals surface area contributed by atoms with E-state index in [2.05, 4.69) is 26.0 Å². The first-order valence-electron chi connectivity index (χ1n) is 4.32. The summed E-state index contributed by atoms with van der Waals surface area (Å²) in [4.78, 5) is 4.06. The van der Waals surface area contributed by atoms with Crippen LogP contribution in [-0.2, 0) is 7.05 Å². The van der Waals surface area contributed by atoms with Crippen LogP contribution in [0.4, 0.5) is 0 Å². The first kappa shape index (κ1) is 11.5. The number of fused-ring (bicyclic) bond motifs is 1. The number of aryl methyl sites for hydroxylation is 1. The molecule has 2 aromatic heterocycles. The summed E-state index contributed by atoms with van der Waals surface area (Å²) in [6.07, 6.45) is 1.76. The predicted molar refractivity (Wildman–Crippen MR) is 62.6 cm³/mol. The second kappa shape index (κ2) is 4.75. The molecular formula is C9H11BrClN3. The van der Waals surface area contributed by atoms with Crippen molar-refractivity contribution in [2.45, 2.75) is 13.8 Å². The highest BCUT2D eigenvalue weighted by atomic mass is 79.9. The van der Waals surface area contributed by atoms with E-state index in [9.17, 15) is 0 Å². The summed E-state index contributed by atoms with van der Waals surface area (Å²) in [7, 11) is 1.84. The molecule has 5 heteroatoms. The third-order valence-corrected chi connectivity index (χ3v) is 2.31. The van der Waals surface area contributed by atoms with E-state index >= 15 is 0 Å². The van der Waals surface area contributed by atoms with Crippen molar-refractivity contribution in [2.24, 2.45) is 7.05 Å². The maximum absolute atomic E-state index is 5.91. The van der Waals surface area contributed by atoms with E-state index in [4.69, 9.17) is 11.6 Å². The van der Waals surface area contributed by atoms with Gasteiger partial charge in [-0.25, -0.2) is 4.98 Å². The van der Waals surface area contributed by atoms with Gasteiger partial charge in [-0.1, -0.05) is 25.4 Å². The van der Waals surface area contributed by atoms with Crippen molar-refractivity contribution in [1.29, 1.82) is 0 Å². The van der Waals surface area contributed by atoms with Crippen LogP contribution < -0.4 is 0 Å². The Kier molecular flexibility index (Phi) is 3.89. The molecule has 0 amide bonds. The third kappa shape index (κ3) is 2.07. The van der Waals surface area contributed by atoms with Crippen molar-refractivity contribution < 1.29 is 0 Å². The van der Waals surface area contributed by atoms with E-state index in [-0.39, 0.29) is 0 Å². The Hall–Kier alpha value is -0.610. The standard InChI is InChI=1S/C7H5BrClN3.C2H6/c1-12-6-4(3-10-12)2-5(8)11-7(6)9;1-2/h2-3H,1H3;1-2H3. The quantitative estimate of drug-likeness (QED) is 0.690. The normalized spacial score (nSPS) is 9.79. The first-order valence-corrected chi connectivity index (χ1v) is 5.49. The number of hydrogen-bond acceptors (Lipinski definition) is 2. The monoisotopic (exact) mass is 275 g/mol. The SMILES string of the molecule is CC.Cn1ncc2cc(Br)nc(Cl)c21. The molecule has 2 rings (SSSR count). The number of aromatic nitrogens is 3. The molecule has 0 bridgehead atoms. The Morgan fingerprint density at radius 3 is 2.71 bits per heavy atom. The van der Waals surface area contributed by atoms with Crippen LogP contribution in [0.1, 0.15) is 13.8 Å². The van der Waals surface area contributed by atoms with Gasteiger partial charge in [-0.15, -0.1) is 0 Å².